The summed E-state index contributed by atoms with van der Waals surface area (Å²) in [5, 5.41) is 11.2. The Kier molecular flexibility index (Phi) is 5.94. The molecule has 0 aromatic heterocycles. The Morgan fingerprint density at radius 2 is 1.41 bits per heavy atom. The number of rotatable bonds is 6. The minimum Gasteiger partial charge on any atom is -0.491 e. The first kappa shape index (κ1) is 18.3. The van der Waals surface area contributed by atoms with Crippen LogP contribution in [0.15, 0.2) is 89.1 Å². The molecule has 3 rings (SSSR count). The van der Waals surface area contributed by atoms with E-state index in [2.05, 4.69) is 15.5 Å². The summed E-state index contributed by atoms with van der Waals surface area (Å²) in [5.74, 6) is 0.569. The Morgan fingerprint density at radius 1 is 0.815 bits per heavy atom. The van der Waals surface area contributed by atoms with Crippen LogP contribution in [0.5, 0.6) is 5.75 Å². The van der Waals surface area contributed by atoms with Gasteiger partial charge in [0.2, 0.25) is 0 Å². The van der Waals surface area contributed by atoms with Gasteiger partial charge in [-0.3, -0.25) is 4.79 Å². The van der Waals surface area contributed by atoms with Crippen LogP contribution in [-0.2, 0) is 0 Å². The van der Waals surface area contributed by atoms with Crippen LogP contribution in [-0.4, -0.2) is 12.0 Å². The van der Waals surface area contributed by atoms with E-state index in [1.807, 2.05) is 56.3 Å². The quantitative estimate of drug-likeness (QED) is 0.537. The smallest absolute Gasteiger partial charge is 0.255 e. The molecule has 0 aliphatic heterocycles. The molecule has 0 fully saturated rings. The van der Waals surface area contributed by atoms with Crippen LogP contribution in [0.25, 0.3) is 0 Å². The molecule has 0 atom stereocenters. The molecule has 0 heterocycles. The lowest BCUT2D eigenvalue weighted by Crippen LogP contribution is -2.12. The Balaban J connectivity index is 1.60. The first-order chi connectivity index (χ1) is 13.1. The third kappa shape index (κ3) is 5.51. The normalized spacial score (nSPS) is 10.9. The predicted molar refractivity (Wildman–Crippen MR) is 107 cm³/mol. The molecule has 0 radical (unpaired) electrons. The fourth-order valence-electron chi connectivity index (χ4n) is 2.38. The topological polar surface area (TPSA) is 63.0 Å². The van der Waals surface area contributed by atoms with E-state index in [0.717, 1.165) is 11.4 Å². The zero-order chi connectivity index (χ0) is 19.1. The minimum atomic E-state index is -0.176. The van der Waals surface area contributed by atoms with E-state index in [9.17, 15) is 4.79 Å². The summed E-state index contributed by atoms with van der Waals surface area (Å²) in [4.78, 5) is 12.3. The molecular weight excluding hydrogens is 338 g/mol. The van der Waals surface area contributed by atoms with Gasteiger partial charge < -0.3 is 10.1 Å². The third-order valence-electron chi connectivity index (χ3n) is 3.65. The van der Waals surface area contributed by atoms with E-state index in [1.54, 1.807) is 36.4 Å². The lowest BCUT2D eigenvalue weighted by Gasteiger charge is -2.10. The minimum absolute atomic E-state index is 0.0993. The highest BCUT2D eigenvalue weighted by Gasteiger charge is 2.07. The van der Waals surface area contributed by atoms with Gasteiger partial charge in [0.1, 0.15) is 5.75 Å². The maximum absolute atomic E-state index is 12.3. The van der Waals surface area contributed by atoms with Gasteiger partial charge in [0.25, 0.3) is 5.91 Å². The summed E-state index contributed by atoms with van der Waals surface area (Å²) in [5.41, 5.74) is 2.77. The van der Waals surface area contributed by atoms with Crippen molar-refractivity contribution in [1.29, 1.82) is 0 Å². The molecule has 5 nitrogen and oxygen atoms in total. The largest absolute Gasteiger partial charge is 0.491 e. The number of hydrogen-bond donors (Lipinski definition) is 1. The van der Waals surface area contributed by atoms with Crippen LogP contribution < -0.4 is 10.1 Å². The van der Waals surface area contributed by atoms with Gasteiger partial charge in [-0.2, -0.15) is 10.2 Å². The van der Waals surface area contributed by atoms with Crippen LogP contribution in [0.4, 0.5) is 17.1 Å². The van der Waals surface area contributed by atoms with E-state index >= 15 is 0 Å². The van der Waals surface area contributed by atoms with Gasteiger partial charge in [-0.25, -0.2) is 0 Å². The molecule has 5 heteroatoms. The molecule has 27 heavy (non-hydrogen) atoms. The average Bonchev–Trinajstić information content (AvgIpc) is 2.68. The van der Waals surface area contributed by atoms with Crippen molar-refractivity contribution in [3.8, 4) is 5.75 Å². The number of nitrogens with zero attached hydrogens (tertiary/aromatic N) is 2. The summed E-state index contributed by atoms with van der Waals surface area (Å²) in [7, 11) is 0. The van der Waals surface area contributed by atoms with Gasteiger partial charge in [-0.05, 0) is 74.5 Å². The second-order valence-electron chi connectivity index (χ2n) is 6.23. The second kappa shape index (κ2) is 8.76. The Labute approximate surface area is 158 Å². The van der Waals surface area contributed by atoms with E-state index in [1.165, 1.54) is 0 Å². The van der Waals surface area contributed by atoms with Crippen LogP contribution >= 0.6 is 0 Å². The predicted octanol–water partition coefficient (Wildman–Crippen LogP) is 6.14. The number of amides is 1. The van der Waals surface area contributed by atoms with E-state index in [0.29, 0.717) is 16.9 Å². The molecule has 1 amide bonds. The van der Waals surface area contributed by atoms with Crippen LogP contribution in [0.2, 0.25) is 0 Å². The molecule has 0 aliphatic carbocycles. The Morgan fingerprint density at radius 3 is 2.00 bits per heavy atom. The molecule has 0 aliphatic rings. The van der Waals surface area contributed by atoms with Gasteiger partial charge in [-0.15, -0.1) is 0 Å². The SMILES string of the molecule is CC(C)Oc1ccc(C(=O)Nc2ccc(N=Nc3ccccc3)cc2)cc1. The second-order valence-corrected chi connectivity index (χ2v) is 6.23. The van der Waals surface area contributed by atoms with Crippen molar-refractivity contribution in [2.45, 2.75) is 20.0 Å². The number of nitrogens with one attached hydrogen (secondary N) is 1. The third-order valence-corrected chi connectivity index (χ3v) is 3.65. The zero-order valence-electron chi connectivity index (χ0n) is 15.3. The number of hydrogen-bond acceptors (Lipinski definition) is 4. The maximum Gasteiger partial charge on any atom is 0.255 e. The highest BCUT2D eigenvalue weighted by molar-refractivity contribution is 6.04. The molecule has 3 aromatic rings. The first-order valence-corrected chi connectivity index (χ1v) is 8.75. The van der Waals surface area contributed by atoms with E-state index < -0.39 is 0 Å². The lowest BCUT2D eigenvalue weighted by atomic mass is 10.2. The maximum atomic E-state index is 12.3. The lowest BCUT2D eigenvalue weighted by molar-refractivity contribution is 0.102. The van der Waals surface area contributed by atoms with Crippen LogP contribution in [0.3, 0.4) is 0 Å². The molecule has 136 valence electrons. The van der Waals surface area contributed by atoms with Gasteiger partial charge in [-0.1, -0.05) is 18.2 Å². The molecule has 0 unspecified atom stereocenters. The summed E-state index contributed by atoms with van der Waals surface area (Å²) < 4.78 is 5.58. The molecular formula is C22H21N3O2. The molecule has 0 saturated carbocycles. The molecule has 1 N–H and O–H groups in total. The molecule has 3 aromatic carbocycles. The molecule has 0 spiro atoms. The highest BCUT2D eigenvalue weighted by atomic mass is 16.5. The van der Waals surface area contributed by atoms with Crippen molar-refractivity contribution >= 4 is 23.0 Å². The van der Waals surface area contributed by atoms with Gasteiger partial charge in [0.15, 0.2) is 0 Å². The van der Waals surface area contributed by atoms with Crippen molar-refractivity contribution in [2.75, 3.05) is 5.32 Å². The number of azo groups is 1. The van der Waals surface area contributed by atoms with Crippen molar-refractivity contribution in [3.63, 3.8) is 0 Å². The van der Waals surface area contributed by atoms with Gasteiger partial charge in [0, 0.05) is 11.3 Å². The molecule has 0 saturated heterocycles. The summed E-state index contributed by atoms with van der Waals surface area (Å²) >= 11 is 0. The average molecular weight is 359 g/mol. The highest BCUT2D eigenvalue weighted by Crippen LogP contribution is 2.21. The zero-order valence-corrected chi connectivity index (χ0v) is 15.3. The number of carbonyl (C=O) groups is 1. The fraction of sp³-hybridized carbons (Fsp3) is 0.136. The number of anilines is 1. The standard InChI is InChI=1S/C22H21N3O2/c1-16(2)27-21-14-8-17(9-15-21)22(26)23-18-10-12-20(13-11-18)25-24-19-6-4-3-5-7-19/h3-16H,1-2H3,(H,23,26). The van der Waals surface area contributed by atoms with E-state index in [-0.39, 0.29) is 12.0 Å². The van der Waals surface area contributed by atoms with Gasteiger partial charge in [0.05, 0.1) is 17.5 Å². The summed E-state index contributed by atoms with van der Waals surface area (Å²) in [6.45, 7) is 3.92. The van der Waals surface area contributed by atoms with Crippen molar-refractivity contribution < 1.29 is 9.53 Å². The van der Waals surface area contributed by atoms with Crippen molar-refractivity contribution in [1.82, 2.24) is 0 Å². The first-order valence-electron chi connectivity index (χ1n) is 8.75. The summed E-state index contributed by atoms with van der Waals surface area (Å²) in [6.07, 6.45) is 0.0993. The Hall–Kier alpha value is -3.47. The summed E-state index contributed by atoms with van der Waals surface area (Å²) in [6, 6.07) is 23.8. The van der Waals surface area contributed by atoms with E-state index in [4.69, 9.17) is 4.74 Å². The van der Waals surface area contributed by atoms with Crippen molar-refractivity contribution in [3.05, 3.63) is 84.4 Å². The van der Waals surface area contributed by atoms with Gasteiger partial charge >= 0.3 is 0 Å². The monoisotopic (exact) mass is 359 g/mol. The fourth-order valence-corrected chi connectivity index (χ4v) is 2.38. The number of carbonyl (C=O) groups excluding carboxylic acids is 1. The molecule has 0 bridgehead atoms. The van der Waals surface area contributed by atoms with Crippen LogP contribution in [0.1, 0.15) is 24.2 Å². The Bertz CT molecular complexity index is 903. The number of ether oxygens (including phenoxy) is 1. The number of benzene rings is 3. The van der Waals surface area contributed by atoms with Crippen molar-refractivity contribution in [2.24, 2.45) is 10.2 Å². The van der Waals surface area contributed by atoms with Crippen LogP contribution in [0, 0.1) is 0 Å².